The Hall–Kier alpha value is -3.19. The molecule has 0 spiro atoms. The lowest BCUT2D eigenvalue weighted by Crippen LogP contribution is -2.34. The number of hydrogen-bond donors (Lipinski definition) is 1. The normalized spacial score (nSPS) is 12.6. The monoisotopic (exact) mass is 465 g/mol. The Balaban J connectivity index is 1.49. The first-order chi connectivity index (χ1) is 14.6. The molecule has 1 aromatic heterocycles. The first-order valence-corrected chi connectivity index (χ1v) is 10.4. The Labute approximate surface area is 183 Å². The van der Waals surface area contributed by atoms with E-state index in [4.69, 9.17) is 4.74 Å². The molecule has 2 aromatic carbocycles. The molecule has 2 amide bonds. The molecule has 30 heavy (non-hydrogen) atoms. The minimum absolute atomic E-state index is 0.0195. The molecule has 1 aliphatic rings. The van der Waals surface area contributed by atoms with E-state index in [1.165, 1.54) is 0 Å². The van der Waals surface area contributed by atoms with Crippen LogP contribution in [0.4, 0.5) is 11.4 Å². The molecule has 3 aromatic rings. The molecule has 6 nitrogen and oxygen atoms in total. The number of fused-ring (bicyclic) bond motifs is 1. The van der Waals surface area contributed by atoms with Gasteiger partial charge in [-0.3, -0.25) is 14.6 Å². The van der Waals surface area contributed by atoms with Crippen LogP contribution >= 0.6 is 15.9 Å². The van der Waals surface area contributed by atoms with Gasteiger partial charge < -0.3 is 15.0 Å². The molecule has 0 bridgehead atoms. The first-order valence-electron chi connectivity index (χ1n) is 9.60. The quantitative estimate of drug-likeness (QED) is 0.587. The summed E-state index contributed by atoms with van der Waals surface area (Å²) in [6.07, 6.45) is 2.83. The summed E-state index contributed by atoms with van der Waals surface area (Å²) in [4.78, 5) is 30.5. The zero-order valence-electron chi connectivity index (χ0n) is 16.2. The second-order valence-electron chi connectivity index (χ2n) is 6.93. The average molecular weight is 466 g/mol. The Morgan fingerprint density at radius 1 is 1.10 bits per heavy atom. The summed E-state index contributed by atoms with van der Waals surface area (Å²) < 4.78 is 6.73. The summed E-state index contributed by atoms with van der Waals surface area (Å²) in [6.45, 7) is 0.245. The Morgan fingerprint density at radius 3 is 2.70 bits per heavy atom. The number of rotatable bonds is 6. The predicted molar refractivity (Wildman–Crippen MR) is 118 cm³/mol. The number of carbonyl (C=O) groups is 2. The van der Waals surface area contributed by atoms with Crippen LogP contribution in [-0.4, -0.2) is 23.4 Å². The van der Waals surface area contributed by atoms with Gasteiger partial charge in [0.1, 0.15) is 5.75 Å². The third kappa shape index (κ3) is 4.86. The largest absolute Gasteiger partial charge is 0.484 e. The van der Waals surface area contributed by atoms with Crippen molar-refractivity contribution in [2.75, 3.05) is 16.8 Å². The van der Waals surface area contributed by atoms with Crippen molar-refractivity contribution in [1.29, 1.82) is 0 Å². The van der Waals surface area contributed by atoms with Gasteiger partial charge >= 0.3 is 0 Å². The smallest absolute Gasteiger partial charge is 0.265 e. The highest BCUT2D eigenvalue weighted by Gasteiger charge is 2.19. The van der Waals surface area contributed by atoms with Crippen molar-refractivity contribution in [1.82, 2.24) is 4.98 Å². The number of anilines is 2. The van der Waals surface area contributed by atoms with Crippen molar-refractivity contribution in [3.8, 4) is 5.75 Å². The predicted octanol–water partition coefficient (Wildman–Crippen LogP) is 4.34. The molecule has 0 saturated carbocycles. The summed E-state index contributed by atoms with van der Waals surface area (Å²) >= 11 is 3.43. The molecule has 1 aliphatic heterocycles. The fourth-order valence-corrected chi connectivity index (χ4v) is 3.54. The van der Waals surface area contributed by atoms with Crippen LogP contribution in [0, 0.1) is 0 Å². The van der Waals surface area contributed by atoms with Gasteiger partial charge in [-0.15, -0.1) is 0 Å². The van der Waals surface area contributed by atoms with Crippen LogP contribution in [0.15, 0.2) is 71.3 Å². The van der Waals surface area contributed by atoms with Crippen molar-refractivity contribution in [3.63, 3.8) is 0 Å². The second kappa shape index (κ2) is 9.09. The van der Waals surface area contributed by atoms with Crippen LogP contribution in [0.3, 0.4) is 0 Å². The van der Waals surface area contributed by atoms with Gasteiger partial charge in [0.15, 0.2) is 6.61 Å². The van der Waals surface area contributed by atoms with Crippen molar-refractivity contribution in [3.05, 3.63) is 82.6 Å². The van der Waals surface area contributed by atoms with Gasteiger partial charge in [0, 0.05) is 28.5 Å². The minimum atomic E-state index is -0.172. The number of halogens is 1. The van der Waals surface area contributed by atoms with E-state index in [2.05, 4.69) is 26.2 Å². The number of benzene rings is 2. The molecule has 4 rings (SSSR count). The van der Waals surface area contributed by atoms with Crippen LogP contribution in [0.2, 0.25) is 0 Å². The SMILES string of the molecule is O=C1CCc2cc(OCC(=O)N(Cc3ccccn3)c3ccc(Br)cc3)ccc2N1. The van der Waals surface area contributed by atoms with E-state index < -0.39 is 0 Å². The lowest BCUT2D eigenvalue weighted by molar-refractivity contribution is -0.120. The van der Waals surface area contributed by atoms with E-state index in [-0.39, 0.29) is 18.4 Å². The van der Waals surface area contributed by atoms with E-state index in [0.29, 0.717) is 25.1 Å². The number of ether oxygens (including phenoxy) is 1. The van der Waals surface area contributed by atoms with E-state index in [0.717, 1.165) is 27.1 Å². The van der Waals surface area contributed by atoms with E-state index in [9.17, 15) is 9.59 Å². The fraction of sp³-hybridized carbons (Fsp3) is 0.174. The number of aryl methyl sites for hydroxylation is 1. The molecule has 1 N–H and O–H groups in total. The summed E-state index contributed by atoms with van der Waals surface area (Å²) in [5, 5.41) is 2.84. The van der Waals surface area contributed by atoms with Crippen LogP contribution in [0.5, 0.6) is 5.75 Å². The van der Waals surface area contributed by atoms with Gasteiger partial charge in [-0.05, 0) is 66.6 Å². The summed E-state index contributed by atoms with van der Waals surface area (Å²) in [5.74, 6) is 0.451. The summed E-state index contributed by atoms with van der Waals surface area (Å²) in [5.41, 5.74) is 3.37. The fourth-order valence-electron chi connectivity index (χ4n) is 3.27. The van der Waals surface area contributed by atoms with Crippen molar-refractivity contribution < 1.29 is 14.3 Å². The Kier molecular flexibility index (Phi) is 6.09. The lowest BCUT2D eigenvalue weighted by Gasteiger charge is -2.23. The minimum Gasteiger partial charge on any atom is -0.484 e. The van der Waals surface area contributed by atoms with E-state index in [1.807, 2.05) is 54.6 Å². The number of pyridine rings is 1. The number of nitrogens with zero attached hydrogens (tertiary/aromatic N) is 2. The molecule has 0 radical (unpaired) electrons. The van der Waals surface area contributed by atoms with Crippen molar-refractivity contribution in [2.45, 2.75) is 19.4 Å². The second-order valence-corrected chi connectivity index (χ2v) is 7.85. The molecular formula is C23H20BrN3O3. The molecule has 152 valence electrons. The molecule has 0 saturated heterocycles. The molecule has 7 heteroatoms. The zero-order chi connectivity index (χ0) is 20.9. The number of carbonyl (C=O) groups excluding carboxylic acids is 2. The van der Waals surface area contributed by atoms with Crippen molar-refractivity contribution in [2.24, 2.45) is 0 Å². The zero-order valence-corrected chi connectivity index (χ0v) is 17.8. The highest BCUT2D eigenvalue weighted by Crippen LogP contribution is 2.27. The van der Waals surface area contributed by atoms with Gasteiger partial charge in [-0.25, -0.2) is 0 Å². The number of nitrogens with one attached hydrogen (secondary N) is 1. The molecule has 0 unspecified atom stereocenters. The van der Waals surface area contributed by atoms with Crippen LogP contribution < -0.4 is 15.0 Å². The van der Waals surface area contributed by atoms with Gasteiger partial charge in [-0.2, -0.15) is 0 Å². The van der Waals surface area contributed by atoms with Crippen molar-refractivity contribution >= 4 is 39.1 Å². The lowest BCUT2D eigenvalue weighted by atomic mass is 10.0. The molecular weight excluding hydrogens is 446 g/mol. The molecule has 0 aliphatic carbocycles. The first kappa shape index (κ1) is 20.1. The van der Waals surface area contributed by atoms with Gasteiger partial charge in [0.25, 0.3) is 5.91 Å². The van der Waals surface area contributed by atoms with Crippen LogP contribution in [0.1, 0.15) is 17.7 Å². The highest BCUT2D eigenvalue weighted by molar-refractivity contribution is 9.10. The third-order valence-corrected chi connectivity index (χ3v) is 5.35. The molecule has 2 heterocycles. The number of amides is 2. The van der Waals surface area contributed by atoms with E-state index >= 15 is 0 Å². The van der Waals surface area contributed by atoms with Crippen LogP contribution in [0.25, 0.3) is 0 Å². The van der Waals surface area contributed by atoms with Gasteiger partial charge in [0.05, 0.1) is 12.2 Å². The summed E-state index contributed by atoms with van der Waals surface area (Å²) in [7, 11) is 0. The Morgan fingerprint density at radius 2 is 1.93 bits per heavy atom. The standard InChI is InChI=1S/C23H20BrN3O3/c24-17-5-7-19(8-6-17)27(14-18-3-1-2-12-25-18)23(29)15-30-20-9-10-21-16(13-20)4-11-22(28)26-21/h1-3,5-10,12-13H,4,11,14-15H2,(H,26,28). The molecule has 0 fully saturated rings. The number of hydrogen-bond acceptors (Lipinski definition) is 4. The maximum absolute atomic E-state index is 13.0. The number of aromatic nitrogens is 1. The maximum Gasteiger partial charge on any atom is 0.265 e. The Bertz CT molecular complexity index is 1060. The average Bonchev–Trinajstić information content (AvgIpc) is 2.77. The van der Waals surface area contributed by atoms with Crippen LogP contribution in [-0.2, 0) is 22.6 Å². The third-order valence-electron chi connectivity index (χ3n) is 4.82. The topological polar surface area (TPSA) is 71.5 Å². The summed E-state index contributed by atoms with van der Waals surface area (Å²) in [6, 6.07) is 18.6. The van der Waals surface area contributed by atoms with Gasteiger partial charge in [-0.1, -0.05) is 22.0 Å². The molecule has 0 atom stereocenters. The van der Waals surface area contributed by atoms with E-state index in [1.54, 1.807) is 17.2 Å². The van der Waals surface area contributed by atoms with Gasteiger partial charge in [0.2, 0.25) is 5.91 Å². The highest BCUT2D eigenvalue weighted by atomic mass is 79.9. The maximum atomic E-state index is 13.0.